The molecule has 6 nitrogen and oxygen atoms in total. The Balaban J connectivity index is 1.98. The first-order valence-electron chi connectivity index (χ1n) is 6.50. The van der Waals surface area contributed by atoms with Gasteiger partial charge in [-0.05, 0) is 25.3 Å². The number of carbonyl (C=O) groups excluding carboxylic acids is 1. The number of rotatable bonds is 0. The monoisotopic (exact) mass is 256 g/mol. The summed E-state index contributed by atoms with van der Waals surface area (Å²) in [6.45, 7) is 3.34. The third-order valence-corrected chi connectivity index (χ3v) is 3.81. The molecule has 2 aromatic rings. The molecule has 0 bridgehead atoms. The first kappa shape index (κ1) is 10.7. The fourth-order valence-electron chi connectivity index (χ4n) is 2.93. The number of aromatic amines is 1. The summed E-state index contributed by atoms with van der Waals surface area (Å²) >= 11 is 0. The summed E-state index contributed by atoms with van der Waals surface area (Å²) in [5, 5.41) is 6.23. The van der Waals surface area contributed by atoms with Crippen molar-refractivity contribution in [1.29, 1.82) is 0 Å². The van der Waals surface area contributed by atoms with Gasteiger partial charge >= 0.3 is 5.91 Å². The van der Waals surface area contributed by atoms with E-state index in [0.717, 1.165) is 53.4 Å². The quantitative estimate of drug-likeness (QED) is 0.647. The molecule has 2 aromatic heterocycles. The first-order chi connectivity index (χ1) is 9.24. The molecule has 0 atom stereocenters. The van der Waals surface area contributed by atoms with Gasteiger partial charge in [0.05, 0.1) is 17.8 Å². The predicted octanol–water partition coefficient (Wildman–Crippen LogP) is -0.0904. The average Bonchev–Trinajstić information content (AvgIpc) is 2.79. The van der Waals surface area contributed by atoms with Crippen LogP contribution in [0.5, 0.6) is 0 Å². The molecule has 0 saturated carbocycles. The second-order valence-electron chi connectivity index (χ2n) is 5.01. The van der Waals surface area contributed by atoms with Gasteiger partial charge in [-0.3, -0.25) is 4.79 Å². The minimum Gasteiger partial charge on any atom is -0.340 e. The summed E-state index contributed by atoms with van der Waals surface area (Å²) in [6.07, 6.45) is 3.65. The molecule has 96 valence electrons. The van der Waals surface area contributed by atoms with E-state index in [1.165, 1.54) is 0 Å². The lowest BCUT2D eigenvalue weighted by Crippen LogP contribution is -2.53. The Morgan fingerprint density at radius 2 is 2.26 bits per heavy atom. The van der Waals surface area contributed by atoms with Gasteiger partial charge in [0.2, 0.25) is 0 Å². The fraction of sp³-hybridized carbons (Fsp3) is 0.385. The van der Waals surface area contributed by atoms with Gasteiger partial charge in [-0.25, -0.2) is 9.97 Å². The molecular formula is C13H14N5O+. The minimum atomic E-state index is 0.0120. The molecule has 0 unspecified atom stereocenters. The number of aryl methyl sites for hydroxylation is 2. The number of hydrogen-bond acceptors (Lipinski definition) is 3. The largest absolute Gasteiger partial charge is 0.340 e. The number of hydrogen-bond donors (Lipinski definition) is 2. The van der Waals surface area contributed by atoms with E-state index >= 15 is 0 Å². The molecule has 3 heterocycles. The first-order valence-corrected chi connectivity index (χ1v) is 6.50. The van der Waals surface area contributed by atoms with Gasteiger partial charge in [-0.2, -0.15) is 5.10 Å². The van der Waals surface area contributed by atoms with E-state index in [2.05, 4.69) is 20.4 Å². The van der Waals surface area contributed by atoms with Crippen LogP contribution in [0.25, 0.3) is 11.4 Å². The van der Waals surface area contributed by atoms with Crippen LogP contribution in [0.4, 0.5) is 0 Å². The number of aromatic nitrogens is 4. The van der Waals surface area contributed by atoms with E-state index in [4.69, 9.17) is 0 Å². The highest BCUT2D eigenvalue weighted by Crippen LogP contribution is 2.31. The van der Waals surface area contributed by atoms with Crippen molar-refractivity contribution >= 4 is 5.91 Å². The topological polar surface area (TPSA) is 74.5 Å². The molecule has 2 N–H and O–H groups in total. The zero-order valence-corrected chi connectivity index (χ0v) is 10.7. The van der Waals surface area contributed by atoms with E-state index in [1.807, 2.05) is 17.8 Å². The molecule has 0 fully saturated rings. The van der Waals surface area contributed by atoms with Crippen molar-refractivity contribution in [3.8, 4) is 11.4 Å². The normalized spacial score (nSPS) is 16.4. The van der Waals surface area contributed by atoms with Crippen molar-refractivity contribution in [2.24, 2.45) is 0 Å². The highest BCUT2D eigenvalue weighted by atomic mass is 16.2. The lowest BCUT2D eigenvalue weighted by molar-refractivity contribution is -0.751. The van der Waals surface area contributed by atoms with Crippen molar-refractivity contribution in [1.82, 2.24) is 20.4 Å². The molecule has 2 aliphatic rings. The van der Waals surface area contributed by atoms with Crippen LogP contribution >= 0.6 is 0 Å². The molecule has 1 aliphatic heterocycles. The highest BCUT2D eigenvalue weighted by molar-refractivity contribution is 5.94. The van der Waals surface area contributed by atoms with Crippen LogP contribution < -0.4 is 10.00 Å². The van der Waals surface area contributed by atoms with Gasteiger partial charge in [0, 0.05) is 6.20 Å². The van der Waals surface area contributed by atoms with E-state index in [1.54, 1.807) is 0 Å². The summed E-state index contributed by atoms with van der Waals surface area (Å²) in [5.74, 6) is 0.770. The van der Waals surface area contributed by atoms with Crippen molar-refractivity contribution in [2.45, 2.75) is 26.3 Å². The molecule has 0 saturated heterocycles. The van der Waals surface area contributed by atoms with Crippen LogP contribution in [0.2, 0.25) is 0 Å². The molecule has 1 amide bonds. The van der Waals surface area contributed by atoms with Gasteiger partial charge in [0.15, 0.2) is 6.54 Å². The van der Waals surface area contributed by atoms with E-state index in [9.17, 15) is 4.79 Å². The third kappa shape index (κ3) is 1.43. The van der Waals surface area contributed by atoms with Crippen LogP contribution in [-0.4, -0.2) is 27.5 Å². The zero-order valence-electron chi connectivity index (χ0n) is 10.7. The second kappa shape index (κ2) is 3.63. The lowest BCUT2D eigenvalue weighted by atomic mass is 9.93. The van der Waals surface area contributed by atoms with Crippen molar-refractivity contribution < 1.29 is 9.48 Å². The van der Waals surface area contributed by atoms with Crippen LogP contribution in [0, 0.1) is 6.92 Å². The highest BCUT2D eigenvalue weighted by Gasteiger charge is 2.37. The Labute approximate surface area is 109 Å². The molecule has 19 heavy (non-hydrogen) atoms. The number of fused-ring (bicyclic) bond motifs is 5. The molecule has 1 aliphatic carbocycles. The molecule has 6 heteroatoms. The number of nitrogens with zero attached hydrogens (tertiary/aromatic N) is 3. The third-order valence-electron chi connectivity index (χ3n) is 3.81. The summed E-state index contributed by atoms with van der Waals surface area (Å²) in [5.41, 5.74) is 4.94. The molecule has 0 aromatic carbocycles. The van der Waals surface area contributed by atoms with Gasteiger partial charge in [0.25, 0.3) is 5.69 Å². The van der Waals surface area contributed by atoms with Crippen LogP contribution in [-0.2, 0) is 19.4 Å². The van der Waals surface area contributed by atoms with Crippen LogP contribution in [0.3, 0.4) is 0 Å². The summed E-state index contributed by atoms with van der Waals surface area (Å²) in [6, 6.07) is 0. The number of nitrogens with one attached hydrogen (secondary N) is 2. The second-order valence-corrected chi connectivity index (χ2v) is 5.01. The van der Waals surface area contributed by atoms with Gasteiger partial charge in [0.1, 0.15) is 11.5 Å². The van der Waals surface area contributed by atoms with E-state index in [0.29, 0.717) is 6.54 Å². The van der Waals surface area contributed by atoms with E-state index in [-0.39, 0.29) is 5.91 Å². The maximum absolute atomic E-state index is 12.0. The SMILES string of the molecule is Cc1ncc2c(n1)-c1[nH][n+]3c(c1CC2)C(=O)NCC3. The Bertz CT molecular complexity index is 703. The smallest absolute Gasteiger partial charge is 0.319 e. The van der Waals surface area contributed by atoms with Crippen molar-refractivity contribution in [2.75, 3.05) is 6.54 Å². The Hall–Kier alpha value is -2.24. The van der Waals surface area contributed by atoms with Crippen molar-refractivity contribution in [3.63, 3.8) is 0 Å². The average molecular weight is 256 g/mol. The minimum absolute atomic E-state index is 0.0120. The molecule has 0 radical (unpaired) electrons. The van der Waals surface area contributed by atoms with Gasteiger partial charge in [-0.15, -0.1) is 4.68 Å². The zero-order chi connectivity index (χ0) is 13.0. The summed E-state index contributed by atoms with van der Waals surface area (Å²) in [7, 11) is 0. The van der Waals surface area contributed by atoms with Crippen LogP contribution in [0.15, 0.2) is 6.20 Å². The fourth-order valence-corrected chi connectivity index (χ4v) is 2.93. The van der Waals surface area contributed by atoms with E-state index < -0.39 is 0 Å². The van der Waals surface area contributed by atoms with Gasteiger partial charge in [-0.1, -0.05) is 0 Å². The summed E-state index contributed by atoms with van der Waals surface area (Å²) in [4.78, 5) is 20.8. The number of H-pyrrole nitrogens is 1. The maximum Gasteiger partial charge on any atom is 0.319 e. The lowest BCUT2D eigenvalue weighted by Gasteiger charge is -2.13. The Morgan fingerprint density at radius 1 is 1.37 bits per heavy atom. The Morgan fingerprint density at radius 3 is 3.16 bits per heavy atom. The molecular weight excluding hydrogens is 242 g/mol. The summed E-state index contributed by atoms with van der Waals surface area (Å²) < 4.78 is 1.94. The molecule has 4 rings (SSSR count). The number of carbonyl (C=O) groups is 1. The van der Waals surface area contributed by atoms with Crippen LogP contribution in [0.1, 0.15) is 27.4 Å². The number of amides is 1. The molecule has 0 spiro atoms. The Kier molecular flexibility index (Phi) is 2.04. The van der Waals surface area contributed by atoms with Crippen molar-refractivity contribution in [3.05, 3.63) is 28.8 Å². The standard InChI is InChI=1S/C13H13N5O/c1-7-15-6-8-2-3-9-11(10(8)16-7)17-18-5-4-14-13(19)12(9)18/h6H,2-5H2,1H3,(H,14,19)/p+1. The van der Waals surface area contributed by atoms with Gasteiger partial charge < -0.3 is 5.32 Å². The maximum atomic E-state index is 12.0. The predicted molar refractivity (Wildman–Crippen MR) is 66.5 cm³/mol.